The number of rotatable bonds is 4. The minimum atomic E-state index is -4.53. The molecule has 10 heteroatoms. The van der Waals surface area contributed by atoms with Crippen LogP contribution in [0.3, 0.4) is 0 Å². The summed E-state index contributed by atoms with van der Waals surface area (Å²) in [4.78, 5) is 12.0. The van der Waals surface area contributed by atoms with Gasteiger partial charge in [0.15, 0.2) is 10.8 Å². The number of hydrogen-bond donors (Lipinski definition) is 1. The lowest BCUT2D eigenvalue weighted by atomic mass is 9.95. The summed E-state index contributed by atoms with van der Waals surface area (Å²) in [7, 11) is 0. The van der Waals surface area contributed by atoms with Gasteiger partial charge in [0.1, 0.15) is 0 Å². The number of aromatic nitrogens is 3. The normalized spacial score (nSPS) is 16.3. The van der Waals surface area contributed by atoms with Crippen molar-refractivity contribution in [3.8, 4) is 0 Å². The number of hydrogen-bond acceptors (Lipinski definition) is 4. The zero-order chi connectivity index (χ0) is 18.0. The molecule has 1 amide bonds. The Kier molecular flexibility index (Phi) is 5.43. The molecule has 1 aliphatic carbocycles. The molecule has 25 heavy (non-hydrogen) atoms. The Morgan fingerprint density at radius 2 is 2.04 bits per heavy atom. The molecule has 0 radical (unpaired) electrons. The van der Waals surface area contributed by atoms with Gasteiger partial charge >= 0.3 is 6.18 Å². The third-order valence-electron chi connectivity index (χ3n) is 4.06. The molecule has 0 atom stereocenters. The van der Waals surface area contributed by atoms with Gasteiger partial charge in [0.25, 0.3) is 0 Å². The van der Waals surface area contributed by atoms with E-state index in [-0.39, 0.29) is 33.5 Å². The minimum Gasteiger partial charge on any atom is -0.353 e. The van der Waals surface area contributed by atoms with Crippen LogP contribution in [0, 0.1) is 0 Å². The van der Waals surface area contributed by atoms with Gasteiger partial charge in [0, 0.05) is 12.2 Å². The molecule has 5 nitrogen and oxygen atoms in total. The minimum absolute atomic E-state index is 0.0607. The molecular formula is C15H16ClF3N4OS. The first-order chi connectivity index (χ1) is 11.8. The van der Waals surface area contributed by atoms with Crippen LogP contribution in [0.1, 0.15) is 37.7 Å². The first-order valence-corrected chi connectivity index (χ1v) is 9.24. The Balaban J connectivity index is 1.71. The van der Waals surface area contributed by atoms with Gasteiger partial charge in [-0.1, -0.05) is 42.6 Å². The molecule has 0 aromatic carbocycles. The van der Waals surface area contributed by atoms with Gasteiger partial charge in [-0.25, -0.2) is 0 Å². The Morgan fingerprint density at radius 1 is 1.32 bits per heavy atom. The van der Waals surface area contributed by atoms with Crippen molar-refractivity contribution in [2.24, 2.45) is 0 Å². The van der Waals surface area contributed by atoms with Gasteiger partial charge in [0.2, 0.25) is 5.91 Å². The van der Waals surface area contributed by atoms with E-state index in [9.17, 15) is 18.0 Å². The second-order valence-electron chi connectivity index (χ2n) is 5.94. The lowest BCUT2D eigenvalue weighted by molar-refractivity contribution is -0.137. The number of nitrogens with one attached hydrogen (secondary N) is 1. The molecule has 136 valence electrons. The molecule has 2 aromatic rings. The van der Waals surface area contributed by atoms with Gasteiger partial charge in [-0.3, -0.25) is 9.20 Å². The number of fused-ring (bicyclic) bond motifs is 1. The maximum absolute atomic E-state index is 12.9. The average molecular weight is 393 g/mol. The molecule has 0 unspecified atom stereocenters. The van der Waals surface area contributed by atoms with Gasteiger partial charge in [-0.2, -0.15) is 13.2 Å². The molecule has 2 aromatic heterocycles. The third-order valence-corrected chi connectivity index (χ3v) is 5.28. The monoisotopic (exact) mass is 392 g/mol. The van der Waals surface area contributed by atoms with Crippen LogP contribution in [0.2, 0.25) is 5.02 Å². The van der Waals surface area contributed by atoms with Crippen LogP contribution in [-0.2, 0) is 11.0 Å². The fraction of sp³-hybridized carbons (Fsp3) is 0.533. The lowest BCUT2D eigenvalue weighted by Gasteiger charge is -2.22. The van der Waals surface area contributed by atoms with E-state index in [1.807, 2.05) is 0 Å². The molecule has 3 rings (SSSR count). The van der Waals surface area contributed by atoms with E-state index in [0.717, 1.165) is 49.7 Å². The van der Waals surface area contributed by atoms with Crippen LogP contribution in [0.25, 0.3) is 5.65 Å². The molecule has 0 spiro atoms. The molecule has 1 fully saturated rings. The van der Waals surface area contributed by atoms with Crippen LogP contribution in [0.15, 0.2) is 17.4 Å². The van der Waals surface area contributed by atoms with Gasteiger partial charge < -0.3 is 5.32 Å². The summed E-state index contributed by atoms with van der Waals surface area (Å²) in [6.45, 7) is 0. The van der Waals surface area contributed by atoms with E-state index in [1.54, 1.807) is 0 Å². The number of carbonyl (C=O) groups excluding carboxylic acids is 1. The number of halogens is 4. The zero-order valence-electron chi connectivity index (χ0n) is 13.1. The van der Waals surface area contributed by atoms with Gasteiger partial charge in [-0.05, 0) is 18.9 Å². The summed E-state index contributed by atoms with van der Waals surface area (Å²) in [6.07, 6.45) is 1.70. The summed E-state index contributed by atoms with van der Waals surface area (Å²) in [5.41, 5.74) is -0.761. The Labute approximate surface area is 151 Å². The number of thioether (sulfide) groups is 1. The van der Waals surface area contributed by atoms with Crippen molar-refractivity contribution in [2.45, 2.75) is 49.5 Å². The van der Waals surface area contributed by atoms with E-state index < -0.39 is 11.7 Å². The van der Waals surface area contributed by atoms with E-state index in [0.29, 0.717) is 0 Å². The molecule has 1 saturated carbocycles. The zero-order valence-corrected chi connectivity index (χ0v) is 14.7. The van der Waals surface area contributed by atoms with Crippen LogP contribution in [0.4, 0.5) is 13.2 Å². The summed E-state index contributed by atoms with van der Waals surface area (Å²) >= 11 is 6.89. The molecule has 2 heterocycles. The molecule has 0 saturated heterocycles. The van der Waals surface area contributed by atoms with E-state index in [2.05, 4.69) is 15.5 Å². The predicted molar refractivity (Wildman–Crippen MR) is 88.7 cm³/mol. The van der Waals surface area contributed by atoms with Crippen LogP contribution in [0.5, 0.6) is 0 Å². The summed E-state index contributed by atoms with van der Waals surface area (Å²) in [5.74, 6) is -0.0998. The first-order valence-electron chi connectivity index (χ1n) is 7.88. The van der Waals surface area contributed by atoms with Crippen LogP contribution >= 0.6 is 23.4 Å². The van der Waals surface area contributed by atoms with Crippen molar-refractivity contribution in [1.82, 2.24) is 19.9 Å². The van der Waals surface area contributed by atoms with Crippen LogP contribution < -0.4 is 5.32 Å². The number of carbonyl (C=O) groups is 1. The Bertz CT molecular complexity index is 774. The highest BCUT2D eigenvalue weighted by Crippen LogP contribution is 2.33. The third kappa shape index (κ3) is 4.38. The number of amides is 1. The second-order valence-corrected chi connectivity index (χ2v) is 7.29. The van der Waals surface area contributed by atoms with E-state index >= 15 is 0 Å². The van der Waals surface area contributed by atoms with Crippen molar-refractivity contribution < 1.29 is 18.0 Å². The van der Waals surface area contributed by atoms with Crippen molar-refractivity contribution >= 4 is 34.9 Å². The van der Waals surface area contributed by atoms with Crippen LogP contribution in [-0.4, -0.2) is 32.3 Å². The van der Waals surface area contributed by atoms with Crippen molar-refractivity contribution in [1.29, 1.82) is 0 Å². The largest absolute Gasteiger partial charge is 0.417 e. The standard InChI is InChI=1S/C15H16ClF3N4OS/c16-11-6-9(15(17,18)19)7-23-13(11)21-22-14(23)25-8-12(24)20-10-4-2-1-3-5-10/h6-7,10H,1-5,8H2,(H,20,24). The summed E-state index contributed by atoms with van der Waals surface area (Å²) < 4.78 is 39.9. The molecule has 0 aliphatic heterocycles. The SMILES string of the molecule is O=C(CSc1nnc2c(Cl)cc(C(F)(F)F)cn12)NC1CCCCC1. The number of alkyl halides is 3. The maximum atomic E-state index is 12.9. The Hall–Kier alpha value is -1.48. The van der Waals surface area contributed by atoms with E-state index in [1.165, 1.54) is 10.8 Å². The highest BCUT2D eigenvalue weighted by Gasteiger charge is 2.32. The van der Waals surface area contributed by atoms with Gasteiger partial charge in [-0.15, -0.1) is 10.2 Å². The number of nitrogens with zero attached hydrogens (tertiary/aromatic N) is 3. The lowest BCUT2D eigenvalue weighted by Crippen LogP contribution is -2.37. The second kappa shape index (κ2) is 7.41. The maximum Gasteiger partial charge on any atom is 0.417 e. The van der Waals surface area contributed by atoms with Crippen molar-refractivity contribution in [3.05, 3.63) is 22.8 Å². The van der Waals surface area contributed by atoms with Crippen molar-refractivity contribution in [2.75, 3.05) is 5.75 Å². The topological polar surface area (TPSA) is 59.3 Å². The quantitative estimate of drug-likeness (QED) is 0.800. The highest BCUT2D eigenvalue weighted by atomic mass is 35.5. The molecule has 0 bridgehead atoms. The molecule has 1 N–H and O–H groups in total. The average Bonchev–Trinajstić information content (AvgIpc) is 2.97. The number of pyridine rings is 1. The summed E-state index contributed by atoms with van der Waals surface area (Å²) in [5, 5.41) is 10.6. The summed E-state index contributed by atoms with van der Waals surface area (Å²) in [6, 6.07) is 0.999. The molecule has 1 aliphatic rings. The van der Waals surface area contributed by atoms with Gasteiger partial charge in [0.05, 0.1) is 16.3 Å². The van der Waals surface area contributed by atoms with Crippen molar-refractivity contribution in [3.63, 3.8) is 0 Å². The first kappa shape index (κ1) is 18.3. The fourth-order valence-electron chi connectivity index (χ4n) is 2.83. The fourth-order valence-corrected chi connectivity index (χ4v) is 3.80. The molecular weight excluding hydrogens is 377 g/mol. The highest BCUT2D eigenvalue weighted by molar-refractivity contribution is 7.99. The predicted octanol–water partition coefficient (Wildman–Crippen LogP) is 3.94. The Morgan fingerprint density at radius 3 is 2.72 bits per heavy atom. The van der Waals surface area contributed by atoms with E-state index in [4.69, 9.17) is 11.6 Å². The smallest absolute Gasteiger partial charge is 0.353 e.